The topological polar surface area (TPSA) is 108 Å². The molecule has 8 heteroatoms. The van der Waals surface area contributed by atoms with Crippen LogP contribution in [0.15, 0.2) is 24.3 Å². The largest absolute Gasteiger partial charge is 0.469 e. The molecule has 4 rings (SSSR count). The number of fused-ring (bicyclic) bond motifs is 1. The van der Waals surface area contributed by atoms with Gasteiger partial charge < -0.3 is 20.1 Å². The Morgan fingerprint density at radius 1 is 1.13 bits per heavy atom. The average Bonchev–Trinajstić information content (AvgIpc) is 2.79. The zero-order valence-corrected chi connectivity index (χ0v) is 18.0. The minimum atomic E-state index is -0.183. The first kappa shape index (κ1) is 21.1. The number of hydrogen-bond donors (Lipinski definition) is 1. The molecule has 0 radical (unpaired) electrons. The van der Waals surface area contributed by atoms with Crippen LogP contribution < -0.4 is 15.4 Å². The Labute approximate surface area is 181 Å². The van der Waals surface area contributed by atoms with Crippen molar-refractivity contribution >= 4 is 23.4 Å². The minimum absolute atomic E-state index is 0.120. The Kier molecular flexibility index (Phi) is 6.06. The number of nitrogen functional groups attached to an aromatic ring is 1. The van der Waals surface area contributed by atoms with Gasteiger partial charge in [-0.15, -0.1) is 0 Å². The normalized spacial score (nSPS) is 20.8. The van der Waals surface area contributed by atoms with Gasteiger partial charge in [0.05, 0.1) is 19.9 Å². The number of carbonyl (C=O) groups is 2. The predicted octanol–water partition coefficient (Wildman–Crippen LogP) is 3.11. The number of nitrogens with two attached hydrogens (primary N) is 1. The molecule has 0 unspecified atom stereocenters. The quantitative estimate of drug-likeness (QED) is 0.735. The molecule has 1 fully saturated rings. The van der Waals surface area contributed by atoms with Gasteiger partial charge in [-0.1, -0.05) is 12.1 Å². The van der Waals surface area contributed by atoms with Crippen LogP contribution in [0, 0.1) is 5.92 Å². The Bertz CT molecular complexity index is 968. The smallest absolute Gasteiger partial charge is 0.318 e. The van der Waals surface area contributed by atoms with Gasteiger partial charge in [0.1, 0.15) is 11.4 Å². The number of aromatic nitrogens is 2. The first-order chi connectivity index (χ1) is 15.0. The van der Waals surface area contributed by atoms with Gasteiger partial charge in [-0.25, -0.2) is 0 Å². The first-order valence-corrected chi connectivity index (χ1v) is 10.7. The van der Waals surface area contributed by atoms with Gasteiger partial charge >= 0.3 is 12.0 Å². The van der Waals surface area contributed by atoms with Gasteiger partial charge in [0.15, 0.2) is 0 Å². The maximum absolute atomic E-state index is 13.1. The molecule has 31 heavy (non-hydrogen) atoms. The molecule has 2 aliphatic rings. The molecule has 1 aliphatic heterocycles. The number of esters is 1. The van der Waals surface area contributed by atoms with Gasteiger partial charge in [-0.3, -0.25) is 9.59 Å². The summed E-state index contributed by atoms with van der Waals surface area (Å²) in [6, 6.07) is 8.40. The van der Waals surface area contributed by atoms with E-state index in [0.717, 1.165) is 31.4 Å². The van der Waals surface area contributed by atoms with Crippen LogP contribution in [0.1, 0.15) is 59.6 Å². The lowest BCUT2D eigenvalue weighted by Crippen LogP contribution is -2.39. The molecule has 1 aromatic carbocycles. The van der Waals surface area contributed by atoms with Crippen molar-refractivity contribution in [2.24, 2.45) is 5.92 Å². The maximum atomic E-state index is 13.1. The zero-order valence-electron chi connectivity index (χ0n) is 18.0. The standard InChI is InChI=1S/C23H28N4O4/c1-30-19(28)13-14-3-5-15(6-4-14)16-7-9-17(10-8-16)27-12-11-18-20(22(27)29)21(24)26-23(25-18)31-2/h7-10,14-15H,3-6,11-13H2,1-2H3,(H2,24,25,26)/t14-,15-. The van der Waals surface area contributed by atoms with Crippen LogP contribution in [-0.4, -0.2) is 42.6 Å². The summed E-state index contributed by atoms with van der Waals surface area (Å²) >= 11 is 0. The molecule has 0 saturated heterocycles. The lowest BCUT2D eigenvalue weighted by Gasteiger charge is -2.30. The number of rotatable bonds is 5. The fraction of sp³-hybridized carbons (Fsp3) is 0.478. The molecule has 164 valence electrons. The fourth-order valence-corrected chi connectivity index (χ4v) is 4.65. The van der Waals surface area contributed by atoms with E-state index in [4.69, 9.17) is 15.2 Å². The van der Waals surface area contributed by atoms with Crippen molar-refractivity contribution in [2.45, 2.75) is 44.4 Å². The summed E-state index contributed by atoms with van der Waals surface area (Å²) in [6.45, 7) is 0.531. The van der Waals surface area contributed by atoms with Crippen molar-refractivity contribution in [2.75, 3.05) is 31.4 Å². The predicted molar refractivity (Wildman–Crippen MR) is 116 cm³/mol. The average molecular weight is 425 g/mol. The molecule has 1 aromatic heterocycles. The number of nitrogens with zero attached hydrogens (tertiary/aromatic N) is 3. The van der Waals surface area contributed by atoms with Crippen LogP contribution in [-0.2, 0) is 16.0 Å². The van der Waals surface area contributed by atoms with E-state index in [1.165, 1.54) is 19.8 Å². The first-order valence-electron chi connectivity index (χ1n) is 10.7. The number of amides is 1. The van der Waals surface area contributed by atoms with Gasteiger partial charge in [-0.05, 0) is 55.2 Å². The van der Waals surface area contributed by atoms with Crippen molar-refractivity contribution in [1.82, 2.24) is 9.97 Å². The molecule has 0 bridgehead atoms. The van der Waals surface area contributed by atoms with Crippen molar-refractivity contribution in [3.63, 3.8) is 0 Å². The molecule has 0 spiro atoms. The van der Waals surface area contributed by atoms with E-state index < -0.39 is 0 Å². The number of benzene rings is 1. The Hall–Kier alpha value is -3.16. The fourth-order valence-electron chi connectivity index (χ4n) is 4.65. The summed E-state index contributed by atoms with van der Waals surface area (Å²) in [5, 5.41) is 0. The van der Waals surface area contributed by atoms with E-state index in [2.05, 4.69) is 22.1 Å². The summed E-state index contributed by atoms with van der Waals surface area (Å²) in [7, 11) is 2.92. The van der Waals surface area contributed by atoms with E-state index >= 15 is 0 Å². The van der Waals surface area contributed by atoms with E-state index in [9.17, 15) is 9.59 Å². The van der Waals surface area contributed by atoms with Gasteiger partial charge in [-0.2, -0.15) is 9.97 Å². The highest BCUT2D eigenvalue weighted by Gasteiger charge is 2.31. The van der Waals surface area contributed by atoms with E-state index in [1.807, 2.05) is 12.1 Å². The lowest BCUT2D eigenvalue weighted by atomic mass is 9.77. The summed E-state index contributed by atoms with van der Waals surface area (Å²) in [6.07, 6.45) is 5.30. The van der Waals surface area contributed by atoms with Gasteiger partial charge in [0.25, 0.3) is 5.91 Å². The summed E-state index contributed by atoms with van der Waals surface area (Å²) in [5.74, 6) is 0.747. The monoisotopic (exact) mass is 424 g/mol. The van der Waals surface area contributed by atoms with E-state index in [0.29, 0.717) is 42.5 Å². The summed E-state index contributed by atoms with van der Waals surface area (Å²) in [4.78, 5) is 34.6. The molecule has 1 amide bonds. The number of carbonyl (C=O) groups excluding carboxylic acids is 2. The molecular formula is C23H28N4O4. The number of methoxy groups -OCH3 is 2. The maximum Gasteiger partial charge on any atom is 0.318 e. The van der Waals surface area contributed by atoms with Crippen LogP contribution in [0.25, 0.3) is 0 Å². The second kappa shape index (κ2) is 8.91. The molecule has 1 aliphatic carbocycles. The highest BCUT2D eigenvalue weighted by atomic mass is 16.5. The summed E-state index contributed by atoms with van der Waals surface area (Å²) < 4.78 is 9.85. The second-order valence-electron chi connectivity index (χ2n) is 8.21. The number of anilines is 2. The highest BCUT2D eigenvalue weighted by Crippen LogP contribution is 2.38. The molecular weight excluding hydrogens is 396 g/mol. The van der Waals surface area contributed by atoms with E-state index in [1.54, 1.807) is 4.90 Å². The van der Waals surface area contributed by atoms with Gasteiger partial charge in [0.2, 0.25) is 0 Å². The van der Waals surface area contributed by atoms with Crippen LogP contribution >= 0.6 is 0 Å². The molecule has 2 heterocycles. The molecule has 0 atom stereocenters. The van der Waals surface area contributed by atoms with E-state index in [-0.39, 0.29) is 23.7 Å². The van der Waals surface area contributed by atoms with Crippen LogP contribution in [0.5, 0.6) is 6.01 Å². The minimum Gasteiger partial charge on any atom is -0.469 e. The molecule has 2 aromatic rings. The van der Waals surface area contributed by atoms with Crippen LogP contribution in [0.4, 0.5) is 11.5 Å². The molecule has 1 saturated carbocycles. The molecule has 8 nitrogen and oxygen atoms in total. The van der Waals surface area contributed by atoms with Crippen LogP contribution in [0.2, 0.25) is 0 Å². The Morgan fingerprint density at radius 3 is 2.48 bits per heavy atom. The van der Waals surface area contributed by atoms with Crippen molar-refractivity contribution < 1.29 is 19.1 Å². The third kappa shape index (κ3) is 4.33. The lowest BCUT2D eigenvalue weighted by molar-refractivity contribution is -0.142. The summed E-state index contributed by atoms with van der Waals surface area (Å²) in [5.41, 5.74) is 9.12. The van der Waals surface area contributed by atoms with Crippen molar-refractivity contribution in [3.05, 3.63) is 41.1 Å². The number of hydrogen-bond acceptors (Lipinski definition) is 7. The third-order valence-corrected chi connectivity index (χ3v) is 6.41. The van der Waals surface area contributed by atoms with Crippen LogP contribution in [0.3, 0.4) is 0 Å². The SMILES string of the molecule is COC(=O)C[C@H]1CC[C@H](c2ccc(N3CCc4nc(OC)nc(N)c4C3=O)cc2)CC1. The second-order valence-corrected chi connectivity index (χ2v) is 8.21. The Balaban J connectivity index is 1.43. The number of ether oxygens (including phenoxy) is 2. The van der Waals surface area contributed by atoms with Gasteiger partial charge in [0, 0.05) is 25.1 Å². The molecule has 2 N–H and O–H groups in total. The Morgan fingerprint density at radius 2 is 1.84 bits per heavy atom. The zero-order chi connectivity index (χ0) is 22.0. The third-order valence-electron chi connectivity index (χ3n) is 6.41. The van der Waals surface area contributed by atoms with Crippen molar-refractivity contribution in [1.29, 1.82) is 0 Å². The van der Waals surface area contributed by atoms with Crippen molar-refractivity contribution in [3.8, 4) is 6.01 Å². The highest BCUT2D eigenvalue weighted by molar-refractivity contribution is 6.10.